The maximum absolute atomic E-state index is 2.70. The number of rotatable bonds is 5. The summed E-state index contributed by atoms with van der Waals surface area (Å²) in [7, 11) is 16.6. The summed E-state index contributed by atoms with van der Waals surface area (Å²) in [6.45, 7) is 4.96. The summed E-state index contributed by atoms with van der Waals surface area (Å²) in [5, 5.41) is 0. The number of para-hydroxylation sites is 2. The standard InChI is InChI=1S/C55H54B7N/c1-54(2)44-42(46(56)50(60)51(61)48(44)58)43-45(54)49(59)53(52(62)47(43)57)63(33-15-7-4-8-16-33)41-20-12-10-18-35(41)37-26-38-34-17-9-11-19-39(34)55(31-22-28-21-29(24-31)25-32(55)23-28)40(38)27-36(37)30-13-5-3-6-14-30/h3-20,26-29,31-32H,21-25,56-62H2,1-2H3. The molecule has 7 aromatic rings. The average molecular weight is 805 g/mol. The van der Waals surface area contributed by atoms with Crippen molar-refractivity contribution in [1.29, 1.82) is 0 Å². The number of benzene rings is 7. The zero-order valence-electron chi connectivity index (χ0n) is 38.8. The second-order valence-corrected chi connectivity index (χ2v) is 21.1. The van der Waals surface area contributed by atoms with Crippen molar-refractivity contribution in [3.8, 4) is 44.5 Å². The van der Waals surface area contributed by atoms with Crippen molar-refractivity contribution in [2.24, 2.45) is 23.7 Å². The van der Waals surface area contributed by atoms with Crippen LogP contribution in [0.1, 0.15) is 68.2 Å². The van der Waals surface area contributed by atoms with Gasteiger partial charge in [0.05, 0.1) is 5.69 Å². The molecule has 8 heteroatoms. The minimum Gasteiger partial charge on any atom is -0.311 e. The molecule has 0 aliphatic heterocycles. The number of nitrogens with zero attached hydrogens (tertiary/aromatic N) is 1. The third-order valence-corrected chi connectivity index (χ3v) is 17.9. The number of anilines is 3. The van der Waals surface area contributed by atoms with Gasteiger partial charge in [0.2, 0.25) is 0 Å². The van der Waals surface area contributed by atoms with Gasteiger partial charge in [0.15, 0.2) is 0 Å². The molecule has 63 heavy (non-hydrogen) atoms. The van der Waals surface area contributed by atoms with Gasteiger partial charge in [0.25, 0.3) is 0 Å². The molecule has 0 aromatic heterocycles. The first-order chi connectivity index (χ1) is 30.4. The van der Waals surface area contributed by atoms with Gasteiger partial charge in [-0.15, -0.1) is 10.9 Å². The molecule has 1 nitrogen and oxygen atoms in total. The molecule has 0 amide bonds. The molecule has 4 saturated carbocycles. The van der Waals surface area contributed by atoms with Crippen LogP contribution in [0.4, 0.5) is 17.1 Å². The van der Waals surface area contributed by atoms with E-state index in [9.17, 15) is 0 Å². The second kappa shape index (κ2) is 13.9. The van der Waals surface area contributed by atoms with Crippen LogP contribution in [0, 0.1) is 23.7 Å². The Morgan fingerprint density at radius 1 is 0.444 bits per heavy atom. The Labute approximate surface area is 381 Å². The van der Waals surface area contributed by atoms with Crippen molar-refractivity contribution >= 4 is 110 Å². The number of hydrogen-bond donors (Lipinski definition) is 0. The van der Waals surface area contributed by atoms with Gasteiger partial charge in [-0.1, -0.05) is 132 Å². The molecule has 0 unspecified atom stereocenters. The zero-order chi connectivity index (χ0) is 43.3. The summed E-state index contributed by atoms with van der Waals surface area (Å²) in [6.07, 6.45) is 7.01. The van der Waals surface area contributed by atoms with Crippen LogP contribution in [-0.4, -0.2) is 54.9 Å². The van der Waals surface area contributed by atoms with Crippen LogP contribution in [0.5, 0.6) is 0 Å². The van der Waals surface area contributed by atoms with Gasteiger partial charge in [0.1, 0.15) is 54.9 Å². The Morgan fingerprint density at radius 3 is 1.65 bits per heavy atom. The molecule has 4 bridgehead atoms. The van der Waals surface area contributed by atoms with Crippen molar-refractivity contribution in [2.75, 3.05) is 4.90 Å². The van der Waals surface area contributed by atoms with E-state index in [2.05, 4.69) is 195 Å². The molecule has 0 atom stereocenters. The lowest BCUT2D eigenvalue weighted by molar-refractivity contribution is -0.0399. The minimum absolute atomic E-state index is 0.103. The molecule has 0 saturated heterocycles. The van der Waals surface area contributed by atoms with Crippen molar-refractivity contribution < 1.29 is 0 Å². The Bertz CT molecular complexity index is 3060. The van der Waals surface area contributed by atoms with Crippen LogP contribution in [0.2, 0.25) is 0 Å². The summed E-state index contributed by atoms with van der Waals surface area (Å²) in [4.78, 5) is 2.62. The lowest BCUT2D eigenvalue weighted by atomic mass is 9.43. The van der Waals surface area contributed by atoms with E-state index in [-0.39, 0.29) is 10.8 Å². The third-order valence-electron chi connectivity index (χ3n) is 17.9. The summed E-state index contributed by atoms with van der Waals surface area (Å²) >= 11 is 0. The van der Waals surface area contributed by atoms with Gasteiger partial charge >= 0.3 is 0 Å². The summed E-state index contributed by atoms with van der Waals surface area (Å²) < 4.78 is 0. The Balaban J connectivity index is 1.13. The molecule has 4 fully saturated rings. The van der Waals surface area contributed by atoms with Crippen LogP contribution >= 0.6 is 0 Å². The average Bonchev–Trinajstić information content (AvgIpc) is 3.73. The molecule has 300 valence electrons. The molecule has 6 aliphatic rings. The smallest absolute Gasteiger partial charge is 0.142 e. The fourth-order valence-corrected chi connectivity index (χ4v) is 15.2. The predicted molar refractivity (Wildman–Crippen MR) is 290 cm³/mol. The minimum atomic E-state index is -0.154. The van der Waals surface area contributed by atoms with Crippen LogP contribution in [0.15, 0.2) is 121 Å². The second-order valence-electron chi connectivity index (χ2n) is 21.1. The van der Waals surface area contributed by atoms with Gasteiger partial charge in [-0.25, -0.2) is 0 Å². The molecule has 1 spiro atoms. The first kappa shape index (κ1) is 39.4. The van der Waals surface area contributed by atoms with E-state index < -0.39 is 0 Å². The fourth-order valence-electron chi connectivity index (χ4n) is 15.2. The van der Waals surface area contributed by atoms with E-state index >= 15 is 0 Å². The Kier molecular flexibility index (Phi) is 8.69. The van der Waals surface area contributed by atoms with Crippen molar-refractivity contribution in [1.82, 2.24) is 0 Å². The van der Waals surface area contributed by atoms with Gasteiger partial charge in [-0.05, 0) is 147 Å². The lowest BCUT2D eigenvalue weighted by Crippen LogP contribution is -2.55. The van der Waals surface area contributed by atoms with Gasteiger partial charge in [-0.2, -0.15) is 0 Å². The van der Waals surface area contributed by atoms with E-state index in [1.165, 1.54) is 143 Å². The first-order valence-corrected chi connectivity index (χ1v) is 24.0. The highest BCUT2D eigenvalue weighted by atomic mass is 15.1. The maximum Gasteiger partial charge on any atom is 0.142 e. The van der Waals surface area contributed by atoms with E-state index in [1.54, 1.807) is 11.1 Å². The summed E-state index contributed by atoms with van der Waals surface area (Å²) in [6, 6.07) is 46.8. The normalized spacial score (nSPS) is 22.8. The largest absolute Gasteiger partial charge is 0.311 e. The lowest BCUT2D eigenvalue weighted by Gasteiger charge is -2.61. The van der Waals surface area contributed by atoms with E-state index in [0.717, 1.165) is 23.7 Å². The summed E-state index contributed by atoms with van der Waals surface area (Å²) in [5.74, 6) is 3.26. The highest BCUT2D eigenvalue weighted by Crippen LogP contribution is 2.70. The van der Waals surface area contributed by atoms with Crippen LogP contribution < -0.4 is 43.1 Å². The van der Waals surface area contributed by atoms with E-state index in [1.807, 2.05) is 0 Å². The molecular weight excluding hydrogens is 750 g/mol. The number of hydrogen-bond acceptors (Lipinski definition) is 1. The molecule has 0 N–H and O–H groups in total. The van der Waals surface area contributed by atoms with Gasteiger partial charge in [0, 0.05) is 27.8 Å². The molecule has 0 heterocycles. The van der Waals surface area contributed by atoms with Crippen molar-refractivity contribution in [3.63, 3.8) is 0 Å². The van der Waals surface area contributed by atoms with Crippen molar-refractivity contribution in [2.45, 2.75) is 56.8 Å². The zero-order valence-corrected chi connectivity index (χ0v) is 38.8. The molecule has 6 aliphatic carbocycles. The van der Waals surface area contributed by atoms with Crippen LogP contribution in [0.3, 0.4) is 0 Å². The van der Waals surface area contributed by atoms with Crippen molar-refractivity contribution in [3.05, 3.63) is 144 Å². The monoisotopic (exact) mass is 805 g/mol. The van der Waals surface area contributed by atoms with Crippen LogP contribution in [0.25, 0.3) is 44.5 Å². The molecule has 0 radical (unpaired) electrons. The predicted octanol–water partition coefficient (Wildman–Crippen LogP) is 2.33. The Morgan fingerprint density at radius 2 is 0.984 bits per heavy atom. The maximum atomic E-state index is 2.70. The number of fused-ring (bicyclic) bond motifs is 6. The highest BCUT2D eigenvalue weighted by Gasteiger charge is 2.61. The highest BCUT2D eigenvalue weighted by molar-refractivity contribution is 6.65. The third kappa shape index (κ3) is 5.22. The first-order valence-electron chi connectivity index (χ1n) is 24.0. The fraction of sp³-hybridized carbons (Fsp3) is 0.236. The quantitative estimate of drug-likeness (QED) is 0.242. The van der Waals surface area contributed by atoms with E-state index in [0.29, 0.717) is 0 Å². The topological polar surface area (TPSA) is 3.24 Å². The molecule has 13 rings (SSSR count). The SMILES string of the molecule is Bc1c(B)c(B)c2c(c1B)-c1c(B)c(B)c(N(c3ccccc3)c3ccccc3-c3cc4c(cc3-c3ccccc3)C3(c5ccccc5-4)C4CC5CC(C4)CC3C5)c(B)c1C2(C)C. The van der Waals surface area contributed by atoms with Gasteiger partial charge in [-0.3, -0.25) is 0 Å². The summed E-state index contributed by atoms with van der Waals surface area (Å²) in [5.41, 5.74) is 30.8. The van der Waals surface area contributed by atoms with Gasteiger partial charge < -0.3 is 4.90 Å². The Hall–Kier alpha value is -5.21. The molecule has 7 aromatic carbocycles. The van der Waals surface area contributed by atoms with Crippen LogP contribution in [-0.2, 0) is 10.8 Å². The van der Waals surface area contributed by atoms with E-state index in [4.69, 9.17) is 0 Å². The molecular formula is C55H54B7N.